The highest BCUT2D eigenvalue weighted by Gasteiger charge is 2.26. The van der Waals surface area contributed by atoms with E-state index in [1.165, 1.54) is 12.1 Å². The van der Waals surface area contributed by atoms with Crippen molar-refractivity contribution in [1.82, 2.24) is 10.3 Å². The number of pyridine rings is 1. The van der Waals surface area contributed by atoms with Gasteiger partial charge in [-0.25, -0.2) is 4.39 Å². The van der Waals surface area contributed by atoms with Crippen molar-refractivity contribution in [3.05, 3.63) is 75.5 Å². The molecule has 4 rings (SSSR count). The zero-order valence-electron chi connectivity index (χ0n) is 13.7. The molecular weight excluding hydrogens is 319 g/mol. The van der Waals surface area contributed by atoms with Crippen LogP contribution in [0.1, 0.15) is 48.4 Å². The van der Waals surface area contributed by atoms with Crippen LogP contribution in [0.3, 0.4) is 0 Å². The van der Waals surface area contributed by atoms with Crippen LogP contribution in [0, 0.1) is 5.82 Å². The van der Waals surface area contributed by atoms with Crippen molar-refractivity contribution in [2.24, 2.45) is 0 Å². The van der Waals surface area contributed by atoms with Crippen LogP contribution >= 0.6 is 0 Å². The lowest BCUT2D eigenvalue weighted by Gasteiger charge is -2.13. The molecule has 0 radical (unpaired) electrons. The van der Waals surface area contributed by atoms with Crippen molar-refractivity contribution in [2.75, 3.05) is 0 Å². The molecule has 1 saturated carbocycles. The average Bonchev–Trinajstić information content (AvgIpc) is 3.35. The molecular formula is C20H19FN2O2. The molecule has 1 aromatic carbocycles. The number of rotatable bonds is 4. The van der Waals surface area contributed by atoms with E-state index >= 15 is 0 Å². The SMILES string of the molecule is O=C1CC[C@H](C=C(c2ccc(F)cc2)c2ccc(C3CC3)c(=O)[nH]2)N1. The molecule has 1 atom stereocenters. The van der Waals surface area contributed by atoms with Gasteiger partial charge in [-0.2, -0.15) is 0 Å². The molecule has 0 spiro atoms. The quantitative estimate of drug-likeness (QED) is 0.900. The Labute approximate surface area is 144 Å². The van der Waals surface area contributed by atoms with Gasteiger partial charge >= 0.3 is 0 Å². The Morgan fingerprint density at radius 1 is 1.04 bits per heavy atom. The van der Waals surface area contributed by atoms with E-state index in [0.29, 0.717) is 24.5 Å². The lowest BCUT2D eigenvalue weighted by atomic mass is 9.98. The van der Waals surface area contributed by atoms with Gasteiger partial charge < -0.3 is 10.3 Å². The van der Waals surface area contributed by atoms with E-state index in [0.717, 1.165) is 29.5 Å². The zero-order chi connectivity index (χ0) is 17.4. The summed E-state index contributed by atoms with van der Waals surface area (Å²) in [5.74, 6) is 0.0947. The Morgan fingerprint density at radius 2 is 1.80 bits per heavy atom. The highest BCUT2D eigenvalue weighted by molar-refractivity contribution is 5.82. The predicted octanol–water partition coefficient (Wildman–Crippen LogP) is 3.10. The van der Waals surface area contributed by atoms with Crippen molar-refractivity contribution >= 4 is 11.5 Å². The summed E-state index contributed by atoms with van der Waals surface area (Å²) in [5.41, 5.74) is 3.05. The first-order valence-corrected chi connectivity index (χ1v) is 8.61. The van der Waals surface area contributed by atoms with Gasteiger partial charge in [0, 0.05) is 29.3 Å². The molecule has 5 heteroatoms. The highest BCUT2D eigenvalue weighted by Crippen LogP contribution is 2.38. The van der Waals surface area contributed by atoms with E-state index in [-0.39, 0.29) is 23.3 Å². The minimum Gasteiger partial charge on any atom is -0.350 e. The third kappa shape index (κ3) is 3.40. The Hall–Kier alpha value is -2.69. The van der Waals surface area contributed by atoms with Crippen molar-refractivity contribution in [3.63, 3.8) is 0 Å². The number of amides is 1. The van der Waals surface area contributed by atoms with Crippen LogP contribution in [-0.4, -0.2) is 16.9 Å². The number of nitrogens with one attached hydrogen (secondary N) is 2. The number of hydrogen-bond donors (Lipinski definition) is 2. The monoisotopic (exact) mass is 338 g/mol. The molecule has 1 saturated heterocycles. The first kappa shape index (κ1) is 15.8. The largest absolute Gasteiger partial charge is 0.350 e. The number of carbonyl (C=O) groups excluding carboxylic acids is 1. The van der Waals surface area contributed by atoms with E-state index in [1.54, 1.807) is 12.1 Å². The van der Waals surface area contributed by atoms with Crippen LogP contribution in [-0.2, 0) is 4.79 Å². The minimum atomic E-state index is -0.310. The second-order valence-corrected chi connectivity index (χ2v) is 6.73. The summed E-state index contributed by atoms with van der Waals surface area (Å²) in [6.07, 6.45) is 5.29. The van der Waals surface area contributed by atoms with Crippen molar-refractivity contribution in [1.29, 1.82) is 0 Å². The topological polar surface area (TPSA) is 62.0 Å². The molecule has 1 amide bonds. The lowest BCUT2D eigenvalue weighted by Crippen LogP contribution is -2.23. The van der Waals surface area contributed by atoms with E-state index in [4.69, 9.17) is 0 Å². The molecule has 128 valence electrons. The molecule has 1 aliphatic heterocycles. The van der Waals surface area contributed by atoms with Crippen LogP contribution in [0.2, 0.25) is 0 Å². The number of aromatic amines is 1. The number of hydrogen-bond acceptors (Lipinski definition) is 2. The highest BCUT2D eigenvalue weighted by atomic mass is 19.1. The first-order valence-electron chi connectivity index (χ1n) is 8.61. The Balaban J connectivity index is 1.75. The smallest absolute Gasteiger partial charge is 0.251 e. The first-order chi connectivity index (χ1) is 12.1. The van der Waals surface area contributed by atoms with Gasteiger partial charge in [0.25, 0.3) is 5.56 Å². The fourth-order valence-corrected chi connectivity index (χ4v) is 3.29. The summed E-state index contributed by atoms with van der Waals surface area (Å²) in [5, 5.41) is 2.91. The van der Waals surface area contributed by atoms with Gasteiger partial charge in [0.2, 0.25) is 5.91 Å². The van der Waals surface area contributed by atoms with Crippen molar-refractivity contribution in [2.45, 2.75) is 37.6 Å². The Morgan fingerprint density at radius 3 is 2.40 bits per heavy atom. The Kier molecular flexibility index (Phi) is 3.99. The summed E-state index contributed by atoms with van der Waals surface area (Å²) < 4.78 is 13.3. The summed E-state index contributed by atoms with van der Waals surface area (Å²) in [4.78, 5) is 26.8. The second kappa shape index (κ2) is 6.31. The molecule has 4 nitrogen and oxygen atoms in total. The van der Waals surface area contributed by atoms with Gasteiger partial charge in [-0.15, -0.1) is 0 Å². The van der Waals surface area contributed by atoms with E-state index in [9.17, 15) is 14.0 Å². The summed E-state index contributed by atoms with van der Waals surface area (Å²) in [7, 11) is 0. The number of H-pyrrole nitrogens is 1. The number of carbonyl (C=O) groups is 1. The molecule has 1 aromatic heterocycles. The van der Waals surface area contributed by atoms with Crippen LogP contribution < -0.4 is 10.9 Å². The maximum absolute atomic E-state index is 13.3. The molecule has 2 heterocycles. The molecule has 25 heavy (non-hydrogen) atoms. The van der Waals surface area contributed by atoms with Gasteiger partial charge in [0.1, 0.15) is 5.82 Å². The number of halogens is 1. The predicted molar refractivity (Wildman–Crippen MR) is 93.7 cm³/mol. The molecule has 0 unspecified atom stereocenters. The number of aromatic nitrogens is 1. The van der Waals surface area contributed by atoms with Crippen LogP contribution in [0.15, 0.2) is 47.3 Å². The summed E-state index contributed by atoms with van der Waals surface area (Å²) in [6.45, 7) is 0. The Bertz CT molecular complexity index is 895. The normalized spacial score (nSPS) is 20.6. The molecule has 2 N–H and O–H groups in total. The fourth-order valence-electron chi connectivity index (χ4n) is 3.29. The minimum absolute atomic E-state index is 0.0253. The molecule has 2 fully saturated rings. The zero-order valence-corrected chi connectivity index (χ0v) is 13.7. The maximum atomic E-state index is 13.3. The summed E-state index contributed by atoms with van der Waals surface area (Å²) in [6, 6.07) is 9.87. The van der Waals surface area contributed by atoms with Gasteiger partial charge in [-0.1, -0.05) is 24.3 Å². The number of benzene rings is 1. The average molecular weight is 338 g/mol. The van der Waals surface area contributed by atoms with Gasteiger partial charge in [0.05, 0.1) is 0 Å². The van der Waals surface area contributed by atoms with Gasteiger partial charge in [-0.3, -0.25) is 9.59 Å². The van der Waals surface area contributed by atoms with Gasteiger partial charge in [0.15, 0.2) is 0 Å². The van der Waals surface area contributed by atoms with Crippen LogP contribution in [0.4, 0.5) is 4.39 Å². The van der Waals surface area contributed by atoms with Gasteiger partial charge in [-0.05, 0) is 48.9 Å². The maximum Gasteiger partial charge on any atom is 0.251 e. The molecule has 1 aliphatic carbocycles. The van der Waals surface area contributed by atoms with Crippen molar-refractivity contribution < 1.29 is 9.18 Å². The molecule has 2 aromatic rings. The summed E-state index contributed by atoms with van der Waals surface area (Å²) >= 11 is 0. The third-order valence-electron chi connectivity index (χ3n) is 4.80. The molecule has 0 bridgehead atoms. The van der Waals surface area contributed by atoms with E-state index in [2.05, 4.69) is 10.3 Å². The van der Waals surface area contributed by atoms with E-state index < -0.39 is 0 Å². The third-order valence-corrected chi connectivity index (χ3v) is 4.80. The lowest BCUT2D eigenvalue weighted by molar-refractivity contribution is -0.119. The second-order valence-electron chi connectivity index (χ2n) is 6.73. The fraction of sp³-hybridized carbons (Fsp3) is 0.300. The van der Waals surface area contributed by atoms with Crippen LogP contribution in [0.25, 0.3) is 5.57 Å². The van der Waals surface area contributed by atoms with E-state index in [1.807, 2.05) is 18.2 Å². The van der Waals surface area contributed by atoms with Crippen molar-refractivity contribution in [3.8, 4) is 0 Å². The standard InChI is InChI=1S/C20H19FN2O2/c21-14-5-3-13(4-6-14)17(11-15-7-10-19(24)22-15)18-9-8-16(12-1-2-12)20(25)23-18/h3-6,8-9,11-12,15H,1-2,7,10H2,(H,22,24)(H,23,25)/t15-/m1/s1. The molecule has 2 aliphatic rings. The van der Waals surface area contributed by atoms with Crippen LogP contribution in [0.5, 0.6) is 0 Å².